The van der Waals surface area contributed by atoms with Gasteiger partial charge in [0.15, 0.2) is 0 Å². The number of nitrogens with zero attached hydrogens (tertiary/aromatic N) is 2. The topological polar surface area (TPSA) is 63.6 Å². The molecule has 0 atom stereocenters. The summed E-state index contributed by atoms with van der Waals surface area (Å²) in [6, 6.07) is 10.9. The average Bonchev–Trinajstić information content (AvgIpc) is 2.53. The first-order chi connectivity index (χ1) is 9.70. The van der Waals surface area contributed by atoms with Crippen molar-refractivity contribution in [2.24, 2.45) is 5.10 Å². The summed E-state index contributed by atoms with van der Waals surface area (Å²) in [6.45, 7) is 1.82. The zero-order valence-electron chi connectivity index (χ0n) is 11.3. The number of rotatable bonds is 4. The van der Waals surface area contributed by atoms with E-state index in [2.05, 4.69) is 15.5 Å². The van der Waals surface area contributed by atoms with Crippen LogP contribution in [0.4, 0.5) is 0 Å². The van der Waals surface area contributed by atoms with E-state index in [-0.39, 0.29) is 5.91 Å². The van der Waals surface area contributed by atoms with Crippen molar-refractivity contribution in [3.63, 3.8) is 0 Å². The van der Waals surface area contributed by atoms with Crippen molar-refractivity contribution in [3.8, 4) is 5.75 Å². The van der Waals surface area contributed by atoms with Crippen molar-refractivity contribution < 1.29 is 9.53 Å². The van der Waals surface area contributed by atoms with Gasteiger partial charge in [0.25, 0.3) is 5.91 Å². The second-order valence-electron chi connectivity index (χ2n) is 4.11. The smallest absolute Gasteiger partial charge is 0.272 e. The number of carbonyl (C=O) groups is 1. The molecule has 0 spiro atoms. The van der Waals surface area contributed by atoms with E-state index < -0.39 is 0 Å². The first-order valence-electron chi connectivity index (χ1n) is 6.10. The molecule has 20 heavy (non-hydrogen) atoms. The molecule has 1 amide bonds. The SMILES string of the molecule is COc1cccc(/C(C)=N\NC(=O)c2cccnc2)c1. The predicted octanol–water partition coefficient (Wildman–Crippen LogP) is 2.24. The molecule has 5 nitrogen and oxygen atoms in total. The van der Waals surface area contributed by atoms with E-state index in [0.717, 1.165) is 11.3 Å². The van der Waals surface area contributed by atoms with Crippen LogP contribution in [0.2, 0.25) is 0 Å². The zero-order valence-corrected chi connectivity index (χ0v) is 11.3. The largest absolute Gasteiger partial charge is 0.497 e. The predicted molar refractivity (Wildman–Crippen MR) is 76.9 cm³/mol. The Morgan fingerprint density at radius 3 is 2.75 bits per heavy atom. The molecule has 0 aliphatic carbocycles. The summed E-state index contributed by atoms with van der Waals surface area (Å²) in [5, 5.41) is 4.08. The number of hydrazone groups is 1. The highest BCUT2D eigenvalue weighted by Crippen LogP contribution is 2.13. The molecule has 0 saturated carbocycles. The number of methoxy groups -OCH3 is 1. The standard InChI is InChI=1S/C15H15N3O2/c1-11(12-5-3-7-14(9-12)20-2)17-18-15(19)13-6-4-8-16-10-13/h3-10H,1-2H3,(H,18,19)/b17-11-. The Morgan fingerprint density at radius 2 is 2.05 bits per heavy atom. The van der Waals surface area contributed by atoms with Gasteiger partial charge in [-0.1, -0.05) is 12.1 Å². The van der Waals surface area contributed by atoms with Gasteiger partial charge < -0.3 is 4.74 Å². The van der Waals surface area contributed by atoms with Crippen molar-refractivity contribution in [1.29, 1.82) is 0 Å². The number of hydrogen-bond acceptors (Lipinski definition) is 4. The van der Waals surface area contributed by atoms with Crippen LogP contribution in [0.15, 0.2) is 53.9 Å². The number of aromatic nitrogens is 1. The van der Waals surface area contributed by atoms with Crippen LogP contribution in [-0.4, -0.2) is 23.7 Å². The fourth-order valence-corrected chi connectivity index (χ4v) is 1.61. The van der Waals surface area contributed by atoms with Crippen LogP contribution in [0.3, 0.4) is 0 Å². The molecule has 0 bridgehead atoms. The molecule has 102 valence electrons. The number of hydrogen-bond donors (Lipinski definition) is 1. The number of benzene rings is 1. The highest BCUT2D eigenvalue weighted by atomic mass is 16.5. The molecule has 1 aromatic carbocycles. The average molecular weight is 269 g/mol. The van der Waals surface area contributed by atoms with Crippen LogP contribution in [0, 0.1) is 0 Å². The van der Waals surface area contributed by atoms with Crippen LogP contribution in [0.1, 0.15) is 22.8 Å². The summed E-state index contributed by atoms with van der Waals surface area (Å²) in [7, 11) is 1.61. The molecule has 0 aliphatic rings. The van der Waals surface area contributed by atoms with Crippen molar-refractivity contribution in [2.45, 2.75) is 6.92 Å². The Kier molecular flexibility index (Phi) is 4.44. The number of ether oxygens (including phenoxy) is 1. The van der Waals surface area contributed by atoms with Crippen molar-refractivity contribution in [2.75, 3.05) is 7.11 Å². The summed E-state index contributed by atoms with van der Waals surface area (Å²) < 4.78 is 5.15. The fourth-order valence-electron chi connectivity index (χ4n) is 1.61. The van der Waals surface area contributed by atoms with E-state index in [1.807, 2.05) is 31.2 Å². The maximum atomic E-state index is 11.8. The van der Waals surface area contributed by atoms with E-state index in [1.165, 1.54) is 6.20 Å². The van der Waals surface area contributed by atoms with E-state index in [4.69, 9.17) is 4.74 Å². The summed E-state index contributed by atoms with van der Waals surface area (Å²) in [5.41, 5.74) is 4.55. The summed E-state index contributed by atoms with van der Waals surface area (Å²) in [4.78, 5) is 15.7. The second-order valence-corrected chi connectivity index (χ2v) is 4.11. The Hall–Kier alpha value is -2.69. The van der Waals surface area contributed by atoms with Crippen molar-refractivity contribution >= 4 is 11.6 Å². The first kappa shape index (κ1) is 13.7. The highest BCUT2D eigenvalue weighted by molar-refractivity contribution is 6.01. The quantitative estimate of drug-likeness (QED) is 0.684. The molecule has 5 heteroatoms. The van der Waals surface area contributed by atoms with Crippen molar-refractivity contribution in [1.82, 2.24) is 10.4 Å². The molecule has 2 rings (SSSR count). The summed E-state index contributed by atoms with van der Waals surface area (Å²) in [5.74, 6) is 0.455. The minimum Gasteiger partial charge on any atom is -0.497 e. The molecular formula is C15H15N3O2. The third kappa shape index (κ3) is 3.41. The van der Waals surface area contributed by atoms with Crippen LogP contribution < -0.4 is 10.2 Å². The highest BCUT2D eigenvalue weighted by Gasteiger charge is 2.04. The van der Waals surface area contributed by atoms with Crippen LogP contribution in [0.25, 0.3) is 0 Å². The van der Waals surface area contributed by atoms with E-state index in [1.54, 1.807) is 25.4 Å². The molecule has 0 saturated heterocycles. The maximum Gasteiger partial charge on any atom is 0.272 e. The van der Waals surface area contributed by atoms with Gasteiger partial charge in [0, 0.05) is 18.0 Å². The molecule has 0 fully saturated rings. The van der Waals surface area contributed by atoms with Gasteiger partial charge in [-0.25, -0.2) is 5.43 Å². The summed E-state index contributed by atoms with van der Waals surface area (Å²) in [6.07, 6.45) is 3.10. The third-order valence-electron chi connectivity index (χ3n) is 2.74. The Morgan fingerprint density at radius 1 is 1.25 bits per heavy atom. The van der Waals surface area contributed by atoms with Crippen LogP contribution >= 0.6 is 0 Å². The number of nitrogens with one attached hydrogen (secondary N) is 1. The fraction of sp³-hybridized carbons (Fsp3) is 0.133. The Labute approximate surface area is 117 Å². The molecule has 2 aromatic rings. The molecule has 1 heterocycles. The molecule has 1 N–H and O–H groups in total. The number of amides is 1. The maximum absolute atomic E-state index is 11.8. The van der Waals surface area contributed by atoms with Gasteiger partial charge >= 0.3 is 0 Å². The van der Waals surface area contributed by atoms with E-state index in [0.29, 0.717) is 11.3 Å². The van der Waals surface area contributed by atoms with Gasteiger partial charge in [0.2, 0.25) is 0 Å². The van der Waals surface area contributed by atoms with E-state index in [9.17, 15) is 4.79 Å². The van der Waals surface area contributed by atoms with Gasteiger partial charge in [-0.2, -0.15) is 5.10 Å². The van der Waals surface area contributed by atoms with Gasteiger partial charge in [0.05, 0.1) is 18.4 Å². The lowest BCUT2D eigenvalue weighted by atomic mass is 10.1. The first-order valence-corrected chi connectivity index (χ1v) is 6.10. The number of carbonyl (C=O) groups excluding carboxylic acids is 1. The minimum absolute atomic E-state index is 0.291. The lowest BCUT2D eigenvalue weighted by molar-refractivity contribution is 0.0954. The van der Waals surface area contributed by atoms with E-state index >= 15 is 0 Å². The Balaban J connectivity index is 2.09. The molecular weight excluding hydrogens is 254 g/mol. The number of pyridine rings is 1. The van der Waals surface area contributed by atoms with Gasteiger partial charge in [-0.3, -0.25) is 9.78 Å². The normalized spacial score (nSPS) is 11.0. The van der Waals surface area contributed by atoms with Crippen LogP contribution in [-0.2, 0) is 0 Å². The third-order valence-corrected chi connectivity index (χ3v) is 2.74. The second kappa shape index (κ2) is 6.47. The summed E-state index contributed by atoms with van der Waals surface area (Å²) >= 11 is 0. The lowest BCUT2D eigenvalue weighted by Crippen LogP contribution is -2.19. The molecule has 1 aromatic heterocycles. The molecule has 0 unspecified atom stereocenters. The van der Waals surface area contributed by atoms with Crippen molar-refractivity contribution in [3.05, 3.63) is 59.9 Å². The monoisotopic (exact) mass is 269 g/mol. The van der Waals surface area contributed by atoms with Gasteiger partial charge in [-0.05, 0) is 31.2 Å². The zero-order chi connectivity index (χ0) is 14.4. The van der Waals surface area contributed by atoms with Gasteiger partial charge in [-0.15, -0.1) is 0 Å². The van der Waals surface area contributed by atoms with Crippen LogP contribution in [0.5, 0.6) is 5.75 Å². The van der Waals surface area contributed by atoms with Gasteiger partial charge in [0.1, 0.15) is 5.75 Å². The minimum atomic E-state index is -0.291. The molecule has 0 radical (unpaired) electrons. The Bertz CT molecular complexity index is 624. The lowest BCUT2D eigenvalue weighted by Gasteiger charge is -2.05. The molecule has 0 aliphatic heterocycles.